The summed E-state index contributed by atoms with van der Waals surface area (Å²) in [4.78, 5) is 0. The van der Waals surface area contributed by atoms with Gasteiger partial charge in [0.05, 0.1) is 21.8 Å². The molecule has 1 aromatic heterocycles. The van der Waals surface area contributed by atoms with E-state index >= 15 is 0 Å². The van der Waals surface area contributed by atoms with E-state index in [1.807, 2.05) is 12.1 Å². The maximum atomic E-state index is 11.6. The smallest absolute Gasteiger partial charge is 0.209 e. The Morgan fingerprint density at radius 3 is 2.62 bits per heavy atom. The Labute approximate surface area is 150 Å². The molecule has 130 valence electrons. The first-order chi connectivity index (χ1) is 11.3. The van der Waals surface area contributed by atoms with Crippen LogP contribution in [-0.2, 0) is 23.0 Å². The minimum atomic E-state index is -3.25. The SMILES string of the molecule is CS(=O)(=O)NC1Cc2c(C3CNNC3)c3ccc(Cl)c(Cl)c3n2C1. The van der Waals surface area contributed by atoms with Gasteiger partial charge in [-0.15, -0.1) is 0 Å². The molecule has 1 aromatic carbocycles. The highest BCUT2D eigenvalue weighted by molar-refractivity contribution is 7.88. The second kappa shape index (κ2) is 5.86. The highest BCUT2D eigenvalue weighted by Crippen LogP contribution is 2.41. The molecule has 0 amide bonds. The van der Waals surface area contributed by atoms with E-state index in [0.29, 0.717) is 28.9 Å². The Morgan fingerprint density at radius 2 is 1.96 bits per heavy atom. The van der Waals surface area contributed by atoms with Crippen molar-refractivity contribution in [1.29, 1.82) is 0 Å². The van der Waals surface area contributed by atoms with Crippen LogP contribution in [0.4, 0.5) is 0 Å². The Balaban J connectivity index is 1.87. The van der Waals surface area contributed by atoms with E-state index in [0.717, 1.165) is 29.7 Å². The van der Waals surface area contributed by atoms with Gasteiger partial charge in [0.1, 0.15) is 0 Å². The van der Waals surface area contributed by atoms with Gasteiger partial charge in [0, 0.05) is 49.1 Å². The Hall–Kier alpha value is -0.830. The highest BCUT2D eigenvalue weighted by Gasteiger charge is 2.34. The van der Waals surface area contributed by atoms with Crippen LogP contribution < -0.4 is 15.6 Å². The minimum Gasteiger partial charge on any atom is -0.341 e. The summed E-state index contributed by atoms with van der Waals surface area (Å²) in [5.74, 6) is 0.318. The summed E-state index contributed by atoms with van der Waals surface area (Å²) in [5, 5.41) is 2.14. The van der Waals surface area contributed by atoms with Crippen LogP contribution in [0.25, 0.3) is 10.9 Å². The third-order valence-corrected chi connectivity index (χ3v) is 6.28. The molecule has 1 saturated heterocycles. The lowest BCUT2D eigenvalue weighted by atomic mass is 9.95. The Bertz CT molecular complexity index is 919. The molecular formula is C15H18Cl2N4O2S. The zero-order valence-electron chi connectivity index (χ0n) is 13.1. The predicted octanol–water partition coefficient (Wildman–Crippen LogP) is 1.61. The summed E-state index contributed by atoms with van der Waals surface area (Å²) >= 11 is 12.7. The number of aromatic nitrogens is 1. The zero-order valence-corrected chi connectivity index (χ0v) is 15.4. The average Bonchev–Trinajstić information content (AvgIpc) is 3.16. The number of nitrogens with zero attached hydrogens (tertiary/aromatic N) is 1. The van der Waals surface area contributed by atoms with Gasteiger partial charge in [-0.3, -0.25) is 10.9 Å². The van der Waals surface area contributed by atoms with Crippen molar-refractivity contribution in [3.63, 3.8) is 0 Å². The van der Waals surface area contributed by atoms with Crippen molar-refractivity contribution in [3.05, 3.63) is 33.4 Å². The van der Waals surface area contributed by atoms with Crippen LogP contribution in [0, 0.1) is 0 Å². The van der Waals surface area contributed by atoms with Gasteiger partial charge in [-0.05, 0) is 11.6 Å². The van der Waals surface area contributed by atoms with Gasteiger partial charge in [0.25, 0.3) is 0 Å². The number of hydrogen-bond donors (Lipinski definition) is 3. The Kier molecular flexibility index (Phi) is 4.06. The molecule has 2 aliphatic rings. The topological polar surface area (TPSA) is 75.2 Å². The molecule has 0 saturated carbocycles. The van der Waals surface area contributed by atoms with Crippen molar-refractivity contribution in [2.45, 2.75) is 24.9 Å². The number of halogens is 2. The van der Waals surface area contributed by atoms with E-state index in [-0.39, 0.29) is 6.04 Å². The molecule has 0 aliphatic carbocycles. The van der Waals surface area contributed by atoms with Gasteiger partial charge in [0.15, 0.2) is 0 Å². The van der Waals surface area contributed by atoms with E-state index in [4.69, 9.17) is 23.2 Å². The fourth-order valence-corrected chi connectivity index (χ4v) is 5.08. The molecule has 0 radical (unpaired) electrons. The van der Waals surface area contributed by atoms with Gasteiger partial charge >= 0.3 is 0 Å². The van der Waals surface area contributed by atoms with Crippen molar-refractivity contribution in [2.75, 3.05) is 19.3 Å². The van der Waals surface area contributed by atoms with Crippen molar-refractivity contribution < 1.29 is 8.42 Å². The molecule has 24 heavy (non-hydrogen) atoms. The van der Waals surface area contributed by atoms with Crippen LogP contribution in [-0.4, -0.2) is 38.4 Å². The summed E-state index contributed by atoms with van der Waals surface area (Å²) in [6.07, 6.45) is 1.84. The van der Waals surface area contributed by atoms with Gasteiger partial charge in [-0.1, -0.05) is 29.3 Å². The summed E-state index contributed by atoms with van der Waals surface area (Å²) in [5.41, 5.74) is 9.61. The van der Waals surface area contributed by atoms with E-state index in [2.05, 4.69) is 20.1 Å². The van der Waals surface area contributed by atoms with Crippen LogP contribution in [0.15, 0.2) is 12.1 Å². The van der Waals surface area contributed by atoms with E-state index in [1.165, 1.54) is 11.8 Å². The molecule has 0 bridgehead atoms. The predicted molar refractivity (Wildman–Crippen MR) is 96.2 cm³/mol. The summed E-state index contributed by atoms with van der Waals surface area (Å²) in [6.45, 7) is 2.22. The maximum absolute atomic E-state index is 11.6. The summed E-state index contributed by atoms with van der Waals surface area (Å²) in [7, 11) is -3.25. The lowest BCUT2D eigenvalue weighted by molar-refractivity contribution is 0.546. The van der Waals surface area contributed by atoms with Gasteiger partial charge in [-0.25, -0.2) is 13.1 Å². The fraction of sp³-hybridized carbons (Fsp3) is 0.467. The maximum Gasteiger partial charge on any atom is 0.209 e. The first kappa shape index (κ1) is 16.6. The number of hydrogen-bond acceptors (Lipinski definition) is 4. The van der Waals surface area contributed by atoms with E-state index in [1.54, 1.807) is 0 Å². The molecule has 6 nitrogen and oxygen atoms in total. The second-order valence-corrected chi connectivity index (χ2v) is 9.04. The third-order valence-electron chi connectivity index (χ3n) is 4.72. The number of fused-ring (bicyclic) bond motifs is 3. The monoisotopic (exact) mass is 388 g/mol. The van der Waals surface area contributed by atoms with Crippen LogP contribution >= 0.6 is 23.2 Å². The summed E-state index contributed by atoms with van der Waals surface area (Å²) < 4.78 is 28.0. The first-order valence-corrected chi connectivity index (χ1v) is 10.4. The van der Waals surface area contributed by atoms with Crippen LogP contribution in [0.2, 0.25) is 10.0 Å². The largest absolute Gasteiger partial charge is 0.341 e. The second-order valence-electron chi connectivity index (χ2n) is 6.48. The molecule has 2 aliphatic heterocycles. The van der Waals surface area contributed by atoms with Crippen molar-refractivity contribution in [2.24, 2.45) is 0 Å². The molecule has 1 fully saturated rings. The van der Waals surface area contributed by atoms with Crippen molar-refractivity contribution >= 4 is 44.1 Å². The zero-order chi connectivity index (χ0) is 17.1. The third kappa shape index (κ3) is 2.73. The van der Waals surface area contributed by atoms with E-state index < -0.39 is 10.0 Å². The molecule has 3 N–H and O–H groups in total. The number of hydrazine groups is 1. The molecule has 4 rings (SSSR count). The van der Waals surface area contributed by atoms with Gasteiger partial charge < -0.3 is 4.57 Å². The van der Waals surface area contributed by atoms with Crippen molar-refractivity contribution in [1.82, 2.24) is 20.1 Å². The average molecular weight is 389 g/mol. The molecule has 9 heteroatoms. The molecular weight excluding hydrogens is 371 g/mol. The number of sulfonamides is 1. The van der Waals surface area contributed by atoms with E-state index in [9.17, 15) is 8.42 Å². The van der Waals surface area contributed by atoms with Crippen LogP contribution in [0.1, 0.15) is 17.2 Å². The molecule has 2 aromatic rings. The number of benzene rings is 1. The molecule has 1 atom stereocenters. The lowest BCUT2D eigenvalue weighted by Crippen LogP contribution is -2.35. The minimum absolute atomic E-state index is 0.157. The number of rotatable bonds is 3. The number of nitrogens with one attached hydrogen (secondary N) is 3. The van der Waals surface area contributed by atoms with Crippen molar-refractivity contribution in [3.8, 4) is 0 Å². The summed E-state index contributed by atoms with van der Waals surface area (Å²) in [6, 6.07) is 3.69. The normalized spacial score (nSPS) is 21.7. The standard InChI is InChI=1S/C15H18Cl2N4O2S/c1-24(22,23)20-9-4-12-13(8-5-18-19-6-8)10-2-3-11(16)14(17)15(10)21(12)7-9/h2-3,8-9,18-20H,4-7H2,1H3. The molecule has 3 heterocycles. The first-order valence-electron chi connectivity index (χ1n) is 7.77. The van der Waals surface area contributed by atoms with Gasteiger partial charge in [-0.2, -0.15) is 0 Å². The highest BCUT2D eigenvalue weighted by atomic mass is 35.5. The lowest BCUT2D eigenvalue weighted by Gasteiger charge is -2.13. The molecule has 0 spiro atoms. The van der Waals surface area contributed by atoms with Crippen LogP contribution in [0.3, 0.4) is 0 Å². The Morgan fingerprint density at radius 1 is 1.25 bits per heavy atom. The quantitative estimate of drug-likeness (QED) is 0.746. The molecule has 1 unspecified atom stereocenters. The van der Waals surface area contributed by atoms with Crippen LogP contribution in [0.5, 0.6) is 0 Å². The van der Waals surface area contributed by atoms with Gasteiger partial charge in [0.2, 0.25) is 10.0 Å². The fourth-order valence-electron chi connectivity index (χ4n) is 3.90.